The second-order valence-electron chi connectivity index (χ2n) is 7.67. The zero-order valence-electron chi connectivity index (χ0n) is 16.9. The molecular formula is C19H36IN5O2. The monoisotopic (exact) mass is 493 g/mol. The first-order valence-electron chi connectivity index (χ1n) is 10.3. The van der Waals surface area contributed by atoms with Crippen molar-refractivity contribution in [3.8, 4) is 0 Å². The maximum absolute atomic E-state index is 12.5. The van der Waals surface area contributed by atoms with Crippen molar-refractivity contribution in [3.05, 3.63) is 0 Å². The van der Waals surface area contributed by atoms with Crippen LogP contribution in [0.15, 0.2) is 4.99 Å². The smallest absolute Gasteiger partial charge is 0.251 e. The zero-order chi connectivity index (χ0) is 18.4. The van der Waals surface area contributed by atoms with Gasteiger partial charge in [-0.3, -0.25) is 14.7 Å². The highest BCUT2D eigenvalue weighted by Gasteiger charge is 2.30. The Labute approximate surface area is 180 Å². The standard InChI is InChI=1S/C19H35N5O2.HI/c1-16-6-3-4-9-22(16)10-8-21-19(20-2)24-13-11-23(12-14-24)18(25)17-7-5-15-26-17;/h16-17H,3-15H2,1-2H3,(H,20,21);1H. The first kappa shape index (κ1) is 22.7. The van der Waals surface area contributed by atoms with Gasteiger partial charge in [-0.25, -0.2) is 0 Å². The third kappa shape index (κ3) is 6.19. The van der Waals surface area contributed by atoms with Crippen LogP contribution >= 0.6 is 24.0 Å². The molecule has 3 aliphatic heterocycles. The van der Waals surface area contributed by atoms with Crippen LogP contribution in [0.1, 0.15) is 39.0 Å². The number of ether oxygens (including phenoxy) is 1. The fraction of sp³-hybridized carbons (Fsp3) is 0.895. The summed E-state index contributed by atoms with van der Waals surface area (Å²) < 4.78 is 5.54. The molecule has 3 fully saturated rings. The summed E-state index contributed by atoms with van der Waals surface area (Å²) in [5.74, 6) is 1.13. The van der Waals surface area contributed by atoms with Gasteiger partial charge in [0.05, 0.1) is 0 Å². The summed E-state index contributed by atoms with van der Waals surface area (Å²) in [4.78, 5) is 23.7. The second-order valence-corrected chi connectivity index (χ2v) is 7.67. The van der Waals surface area contributed by atoms with Crippen LogP contribution in [0.2, 0.25) is 0 Å². The lowest BCUT2D eigenvalue weighted by Gasteiger charge is -2.38. The summed E-state index contributed by atoms with van der Waals surface area (Å²) in [6.07, 6.45) is 5.67. The van der Waals surface area contributed by atoms with Crippen LogP contribution in [0.4, 0.5) is 0 Å². The van der Waals surface area contributed by atoms with E-state index >= 15 is 0 Å². The number of rotatable bonds is 4. The van der Waals surface area contributed by atoms with Gasteiger partial charge in [0.2, 0.25) is 0 Å². The molecule has 0 aromatic heterocycles. The van der Waals surface area contributed by atoms with E-state index in [9.17, 15) is 4.79 Å². The number of piperazine rings is 1. The fourth-order valence-electron chi connectivity index (χ4n) is 4.25. The first-order valence-corrected chi connectivity index (χ1v) is 10.3. The highest BCUT2D eigenvalue weighted by Crippen LogP contribution is 2.16. The molecule has 1 amide bonds. The second kappa shape index (κ2) is 11.4. The van der Waals surface area contributed by atoms with E-state index in [0.717, 1.165) is 64.7 Å². The average Bonchev–Trinajstić information content (AvgIpc) is 3.21. The molecule has 3 heterocycles. The summed E-state index contributed by atoms with van der Waals surface area (Å²) in [7, 11) is 1.84. The minimum absolute atomic E-state index is 0. The van der Waals surface area contributed by atoms with Crippen LogP contribution in [-0.2, 0) is 9.53 Å². The van der Waals surface area contributed by atoms with Gasteiger partial charge >= 0.3 is 0 Å². The lowest BCUT2D eigenvalue weighted by atomic mass is 10.0. The number of nitrogens with one attached hydrogen (secondary N) is 1. The Morgan fingerprint density at radius 1 is 1.07 bits per heavy atom. The van der Waals surface area contributed by atoms with Crippen molar-refractivity contribution >= 4 is 35.8 Å². The predicted molar refractivity (Wildman–Crippen MR) is 119 cm³/mol. The number of guanidine groups is 1. The molecule has 3 saturated heterocycles. The SMILES string of the molecule is CN=C(NCCN1CCCCC1C)N1CCN(C(=O)C2CCCO2)CC1.I. The van der Waals surface area contributed by atoms with Gasteiger partial charge in [0.15, 0.2) is 5.96 Å². The minimum atomic E-state index is -0.203. The van der Waals surface area contributed by atoms with Gasteiger partial charge in [0.1, 0.15) is 6.10 Å². The molecule has 0 spiro atoms. The number of carbonyl (C=O) groups is 1. The third-order valence-corrected chi connectivity index (χ3v) is 5.93. The Balaban J connectivity index is 0.00000261. The molecule has 0 aromatic carbocycles. The number of aliphatic imine (C=N–C) groups is 1. The zero-order valence-corrected chi connectivity index (χ0v) is 19.2. The number of hydrogen-bond acceptors (Lipinski definition) is 4. The van der Waals surface area contributed by atoms with Crippen molar-refractivity contribution in [2.75, 3.05) is 59.5 Å². The van der Waals surface area contributed by atoms with Crippen LogP contribution in [0.3, 0.4) is 0 Å². The van der Waals surface area contributed by atoms with Crippen molar-refractivity contribution in [2.24, 2.45) is 4.99 Å². The largest absolute Gasteiger partial charge is 0.368 e. The summed E-state index contributed by atoms with van der Waals surface area (Å²) in [6.45, 7) is 9.43. The van der Waals surface area contributed by atoms with Crippen molar-refractivity contribution in [1.82, 2.24) is 20.0 Å². The number of nitrogens with zero attached hydrogens (tertiary/aromatic N) is 4. The van der Waals surface area contributed by atoms with Gasteiger partial charge < -0.3 is 19.9 Å². The molecule has 0 aromatic rings. The molecule has 0 saturated carbocycles. The van der Waals surface area contributed by atoms with Crippen LogP contribution in [0, 0.1) is 0 Å². The van der Waals surface area contributed by atoms with Gasteiger partial charge in [-0.05, 0) is 39.2 Å². The molecule has 2 unspecified atom stereocenters. The third-order valence-electron chi connectivity index (χ3n) is 5.93. The number of amides is 1. The molecule has 2 atom stereocenters. The lowest BCUT2D eigenvalue weighted by Crippen LogP contribution is -2.56. The number of halogens is 1. The number of piperidine rings is 1. The van der Waals surface area contributed by atoms with E-state index in [0.29, 0.717) is 6.04 Å². The van der Waals surface area contributed by atoms with E-state index in [-0.39, 0.29) is 36.0 Å². The molecule has 8 heteroatoms. The molecule has 27 heavy (non-hydrogen) atoms. The van der Waals surface area contributed by atoms with Crippen LogP contribution in [0.5, 0.6) is 0 Å². The molecule has 3 rings (SSSR count). The van der Waals surface area contributed by atoms with Gasteiger partial charge in [-0.1, -0.05) is 6.42 Å². The summed E-state index contributed by atoms with van der Waals surface area (Å²) in [5.41, 5.74) is 0. The predicted octanol–water partition coefficient (Wildman–Crippen LogP) is 1.38. The van der Waals surface area contributed by atoms with E-state index in [1.807, 2.05) is 11.9 Å². The van der Waals surface area contributed by atoms with Crippen molar-refractivity contribution in [3.63, 3.8) is 0 Å². The van der Waals surface area contributed by atoms with Gasteiger partial charge in [0.25, 0.3) is 5.91 Å². The van der Waals surface area contributed by atoms with Gasteiger partial charge in [-0.15, -0.1) is 24.0 Å². The van der Waals surface area contributed by atoms with Crippen molar-refractivity contribution < 1.29 is 9.53 Å². The van der Waals surface area contributed by atoms with Crippen LogP contribution < -0.4 is 5.32 Å². The van der Waals surface area contributed by atoms with Gasteiger partial charge in [0, 0.05) is 59.0 Å². The molecule has 1 N–H and O–H groups in total. The lowest BCUT2D eigenvalue weighted by molar-refractivity contribution is -0.142. The summed E-state index contributed by atoms with van der Waals surface area (Å²) >= 11 is 0. The molecule has 0 bridgehead atoms. The van der Waals surface area contributed by atoms with E-state index in [1.165, 1.54) is 25.8 Å². The first-order chi connectivity index (χ1) is 12.7. The average molecular weight is 493 g/mol. The van der Waals surface area contributed by atoms with Crippen LogP contribution in [-0.4, -0.2) is 98.2 Å². The fourth-order valence-corrected chi connectivity index (χ4v) is 4.25. The molecule has 0 radical (unpaired) electrons. The van der Waals surface area contributed by atoms with E-state index in [1.54, 1.807) is 0 Å². The highest BCUT2D eigenvalue weighted by molar-refractivity contribution is 14.0. The van der Waals surface area contributed by atoms with E-state index in [2.05, 4.69) is 27.0 Å². The number of carbonyl (C=O) groups excluding carboxylic acids is 1. The van der Waals surface area contributed by atoms with Crippen LogP contribution in [0.25, 0.3) is 0 Å². The maximum atomic E-state index is 12.5. The van der Waals surface area contributed by atoms with E-state index < -0.39 is 0 Å². The normalized spacial score (nSPS) is 27.4. The Hall–Kier alpha value is -0.610. The quantitative estimate of drug-likeness (QED) is 0.365. The number of hydrogen-bond donors (Lipinski definition) is 1. The minimum Gasteiger partial charge on any atom is -0.368 e. The molecular weight excluding hydrogens is 457 g/mol. The summed E-state index contributed by atoms with van der Waals surface area (Å²) in [5, 5.41) is 3.51. The van der Waals surface area contributed by atoms with E-state index in [4.69, 9.17) is 4.74 Å². The van der Waals surface area contributed by atoms with Crippen molar-refractivity contribution in [2.45, 2.75) is 51.2 Å². The molecule has 156 valence electrons. The Morgan fingerprint density at radius 3 is 2.44 bits per heavy atom. The van der Waals surface area contributed by atoms with Crippen molar-refractivity contribution in [1.29, 1.82) is 0 Å². The Kier molecular flexibility index (Phi) is 9.58. The topological polar surface area (TPSA) is 60.4 Å². The summed E-state index contributed by atoms with van der Waals surface area (Å²) in [6, 6.07) is 0.694. The van der Waals surface area contributed by atoms with Gasteiger partial charge in [-0.2, -0.15) is 0 Å². The number of likely N-dealkylation sites (tertiary alicyclic amines) is 1. The Morgan fingerprint density at radius 2 is 1.81 bits per heavy atom. The maximum Gasteiger partial charge on any atom is 0.251 e. The Bertz CT molecular complexity index is 490. The molecule has 0 aliphatic carbocycles. The highest BCUT2D eigenvalue weighted by atomic mass is 127. The molecule has 3 aliphatic rings. The molecule has 7 nitrogen and oxygen atoms in total.